The van der Waals surface area contributed by atoms with E-state index in [1.54, 1.807) is 0 Å². The second-order valence-electron chi connectivity index (χ2n) is 9.68. The summed E-state index contributed by atoms with van der Waals surface area (Å²) in [7, 11) is 0. The van der Waals surface area contributed by atoms with Crippen LogP contribution < -0.4 is 0 Å². The van der Waals surface area contributed by atoms with Gasteiger partial charge < -0.3 is 0 Å². The molecular weight excluding hydrogens is 448 g/mol. The summed E-state index contributed by atoms with van der Waals surface area (Å²) in [5.41, 5.74) is 9.20. The molecule has 0 unspecified atom stereocenters. The Morgan fingerprint density at radius 2 is 1.00 bits per heavy atom. The molecular formula is C35H22N2. The van der Waals surface area contributed by atoms with Crippen molar-refractivity contribution in [3.05, 3.63) is 133 Å². The summed E-state index contributed by atoms with van der Waals surface area (Å²) in [5, 5.41) is 6.14. The summed E-state index contributed by atoms with van der Waals surface area (Å²) in [6, 6.07) is 47.9. The van der Waals surface area contributed by atoms with E-state index in [9.17, 15) is 0 Å². The fourth-order valence-corrected chi connectivity index (χ4v) is 5.71. The highest BCUT2D eigenvalue weighted by Crippen LogP contribution is 2.37. The third-order valence-electron chi connectivity index (χ3n) is 7.54. The highest BCUT2D eigenvalue weighted by molar-refractivity contribution is 6.17. The first-order valence-corrected chi connectivity index (χ1v) is 12.6. The number of aromatic nitrogens is 2. The van der Waals surface area contributed by atoms with Gasteiger partial charge in [0.05, 0.1) is 16.6 Å². The van der Waals surface area contributed by atoms with Crippen LogP contribution in [0.4, 0.5) is 0 Å². The molecule has 0 radical (unpaired) electrons. The normalized spacial score (nSPS) is 11.8. The molecule has 6 aromatic carbocycles. The molecule has 0 spiro atoms. The van der Waals surface area contributed by atoms with Gasteiger partial charge in [-0.2, -0.15) is 0 Å². The highest BCUT2D eigenvalue weighted by atomic mass is 15.0. The lowest BCUT2D eigenvalue weighted by atomic mass is 9.97. The standard InChI is InChI=1S/C35H22N2/c1-2-8-23(9-3-1)24-14-16-25(17-15-24)28-18-19-29-30-20-26-10-4-5-11-27(26)21-31(30)35-36-32-12-6-7-13-33(32)37(35)34(29)22-28/h1-22H. The summed E-state index contributed by atoms with van der Waals surface area (Å²) in [4.78, 5) is 5.11. The van der Waals surface area contributed by atoms with E-state index < -0.39 is 0 Å². The summed E-state index contributed by atoms with van der Waals surface area (Å²) < 4.78 is 2.34. The Kier molecular flexibility index (Phi) is 4.26. The molecule has 0 bridgehead atoms. The van der Waals surface area contributed by atoms with Gasteiger partial charge in [0.25, 0.3) is 0 Å². The largest absolute Gasteiger partial charge is 0.292 e. The number of benzene rings is 6. The van der Waals surface area contributed by atoms with Crippen LogP contribution >= 0.6 is 0 Å². The lowest BCUT2D eigenvalue weighted by Crippen LogP contribution is -1.93. The highest BCUT2D eigenvalue weighted by Gasteiger charge is 2.15. The number of nitrogens with zero attached hydrogens (tertiary/aromatic N) is 2. The van der Waals surface area contributed by atoms with Gasteiger partial charge in [0.1, 0.15) is 5.65 Å². The maximum Gasteiger partial charge on any atom is 0.146 e. The summed E-state index contributed by atoms with van der Waals surface area (Å²) >= 11 is 0. The van der Waals surface area contributed by atoms with Crippen LogP contribution in [0.5, 0.6) is 0 Å². The second kappa shape index (κ2) is 7.78. The topological polar surface area (TPSA) is 17.3 Å². The van der Waals surface area contributed by atoms with Gasteiger partial charge in [0.15, 0.2) is 0 Å². The Morgan fingerprint density at radius 1 is 0.405 bits per heavy atom. The first kappa shape index (κ1) is 20.3. The zero-order valence-electron chi connectivity index (χ0n) is 20.1. The van der Waals surface area contributed by atoms with Crippen LogP contribution in [0.25, 0.3) is 71.4 Å². The molecule has 0 amide bonds. The van der Waals surface area contributed by atoms with Gasteiger partial charge in [0, 0.05) is 10.8 Å². The molecule has 0 fully saturated rings. The summed E-state index contributed by atoms with van der Waals surface area (Å²) in [6.07, 6.45) is 0. The summed E-state index contributed by atoms with van der Waals surface area (Å²) in [5.74, 6) is 0. The van der Waals surface area contributed by atoms with E-state index in [1.165, 1.54) is 54.7 Å². The minimum Gasteiger partial charge on any atom is -0.292 e. The Labute approximate surface area is 214 Å². The number of fused-ring (bicyclic) bond motifs is 9. The average molecular weight is 471 g/mol. The van der Waals surface area contributed by atoms with Crippen LogP contribution in [-0.2, 0) is 0 Å². The van der Waals surface area contributed by atoms with Crippen LogP contribution in [0.1, 0.15) is 0 Å². The fourth-order valence-electron chi connectivity index (χ4n) is 5.71. The first-order chi connectivity index (χ1) is 18.3. The maximum atomic E-state index is 5.11. The minimum atomic E-state index is 1.01. The zero-order valence-corrected chi connectivity index (χ0v) is 20.1. The van der Waals surface area contributed by atoms with Crippen LogP contribution in [-0.4, -0.2) is 9.38 Å². The number of imidazole rings is 1. The van der Waals surface area contributed by atoms with Crippen LogP contribution in [0.15, 0.2) is 133 Å². The van der Waals surface area contributed by atoms with Gasteiger partial charge in [-0.25, -0.2) is 4.98 Å². The number of para-hydroxylation sites is 2. The first-order valence-electron chi connectivity index (χ1n) is 12.6. The maximum absolute atomic E-state index is 5.11. The third kappa shape index (κ3) is 3.09. The lowest BCUT2D eigenvalue weighted by molar-refractivity contribution is 1.32. The van der Waals surface area contributed by atoms with Crippen molar-refractivity contribution < 1.29 is 0 Å². The molecule has 0 aliphatic heterocycles. The van der Waals surface area contributed by atoms with Gasteiger partial charge in [0.2, 0.25) is 0 Å². The van der Waals surface area contributed by atoms with Gasteiger partial charge in [-0.1, -0.05) is 103 Å². The van der Waals surface area contributed by atoms with Crippen molar-refractivity contribution >= 4 is 49.1 Å². The quantitative estimate of drug-likeness (QED) is 0.182. The van der Waals surface area contributed by atoms with E-state index in [-0.39, 0.29) is 0 Å². The van der Waals surface area contributed by atoms with Gasteiger partial charge >= 0.3 is 0 Å². The number of pyridine rings is 1. The van der Waals surface area contributed by atoms with Crippen molar-refractivity contribution in [3.8, 4) is 22.3 Å². The molecule has 0 aliphatic rings. The minimum absolute atomic E-state index is 1.01. The molecule has 0 saturated heterocycles. The molecule has 8 rings (SSSR count). The van der Waals surface area contributed by atoms with E-state index in [0.29, 0.717) is 0 Å². The van der Waals surface area contributed by atoms with Crippen molar-refractivity contribution in [3.63, 3.8) is 0 Å². The van der Waals surface area contributed by atoms with Crippen molar-refractivity contribution in [2.24, 2.45) is 0 Å². The Hall–Kier alpha value is -4.95. The SMILES string of the molecule is c1ccc(-c2ccc(-c3ccc4c5cc6ccccc6cc5c5nc6ccccc6n5c4c3)cc2)cc1. The molecule has 0 N–H and O–H groups in total. The van der Waals surface area contributed by atoms with Crippen LogP contribution in [0, 0.1) is 0 Å². The van der Waals surface area contributed by atoms with Gasteiger partial charge in [-0.05, 0) is 68.7 Å². The molecule has 2 heteroatoms. The van der Waals surface area contributed by atoms with Crippen LogP contribution in [0.3, 0.4) is 0 Å². The van der Waals surface area contributed by atoms with Crippen molar-refractivity contribution in [1.82, 2.24) is 9.38 Å². The Bertz CT molecular complexity index is 2120. The van der Waals surface area contributed by atoms with Crippen molar-refractivity contribution in [2.75, 3.05) is 0 Å². The van der Waals surface area contributed by atoms with E-state index in [1.807, 2.05) is 0 Å². The Balaban J connectivity index is 1.42. The second-order valence-corrected chi connectivity index (χ2v) is 9.68. The molecule has 2 heterocycles. The molecule has 0 saturated carbocycles. The zero-order chi connectivity index (χ0) is 24.3. The lowest BCUT2D eigenvalue weighted by Gasteiger charge is -2.12. The Morgan fingerprint density at radius 3 is 1.78 bits per heavy atom. The molecule has 172 valence electrons. The predicted octanol–water partition coefficient (Wildman–Crippen LogP) is 9.28. The van der Waals surface area contributed by atoms with E-state index in [2.05, 4.69) is 138 Å². The number of hydrogen-bond donors (Lipinski definition) is 0. The molecule has 8 aromatic rings. The fraction of sp³-hybridized carbons (Fsp3) is 0. The predicted molar refractivity (Wildman–Crippen MR) is 156 cm³/mol. The summed E-state index contributed by atoms with van der Waals surface area (Å²) in [6.45, 7) is 0. The molecule has 0 aliphatic carbocycles. The molecule has 0 atom stereocenters. The average Bonchev–Trinajstić information content (AvgIpc) is 3.37. The smallest absolute Gasteiger partial charge is 0.146 e. The van der Waals surface area contributed by atoms with E-state index >= 15 is 0 Å². The van der Waals surface area contributed by atoms with E-state index in [4.69, 9.17) is 4.98 Å². The van der Waals surface area contributed by atoms with Crippen molar-refractivity contribution in [1.29, 1.82) is 0 Å². The molecule has 2 aromatic heterocycles. The van der Waals surface area contributed by atoms with Crippen molar-refractivity contribution in [2.45, 2.75) is 0 Å². The third-order valence-corrected chi connectivity index (χ3v) is 7.54. The van der Waals surface area contributed by atoms with Gasteiger partial charge in [-0.3, -0.25) is 4.40 Å². The molecule has 37 heavy (non-hydrogen) atoms. The number of hydrogen-bond acceptors (Lipinski definition) is 1. The number of rotatable bonds is 2. The van der Waals surface area contributed by atoms with Crippen LogP contribution in [0.2, 0.25) is 0 Å². The molecule has 2 nitrogen and oxygen atoms in total. The van der Waals surface area contributed by atoms with E-state index in [0.717, 1.165) is 16.7 Å². The monoisotopic (exact) mass is 470 g/mol. The van der Waals surface area contributed by atoms with Gasteiger partial charge in [-0.15, -0.1) is 0 Å².